The van der Waals surface area contributed by atoms with E-state index in [1.165, 1.54) is 31.5 Å². The first-order valence-electron chi connectivity index (χ1n) is 10.3. The van der Waals surface area contributed by atoms with Crippen LogP contribution >= 0.6 is 24.0 Å². The van der Waals surface area contributed by atoms with E-state index in [1.807, 2.05) is 19.1 Å². The molecule has 2 aromatic rings. The average molecular weight is 527 g/mol. The Labute approximate surface area is 195 Å². The summed E-state index contributed by atoms with van der Waals surface area (Å²) < 4.78 is 19.2. The highest BCUT2D eigenvalue weighted by molar-refractivity contribution is 14.0. The maximum atomic E-state index is 13.4. The Hall–Kier alpha value is -1.94. The summed E-state index contributed by atoms with van der Waals surface area (Å²) in [7, 11) is 0. The van der Waals surface area contributed by atoms with Crippen LogP contribution in [-0.4, -0.2) is 48.1 Å². The molecule has 2 heterocycles. The van der Waals surface area contributed by atoms with Crippen LogP contribution in [0.3, 0.4) is 0 Å². The van der Waals surface area contributed by atoms with Crippen molar-refractivity contribution in [2.24, 2.45) is 4.99 Å². The number of ether oxygens (including phenoxy) is 1. The number of likely N-dealkylation sites (N-methyl/N-ethyl adjacent to an activating group) is 1. The van der Waals surface area contributed by atoms with Crippen molar-refractivity contribution in [2.45, 2.75) is 39.3 Å². The van der Waals surface area contributed by atoms with Crippen molar-refractivity contribution in [2.75, 3.05) is 26.2 Å². The molecule has 0 bridgehead atoms. The molecule has 1 aliphatic heterocycles. The molecular formula is C22H31FIN5O. The molecule has 6 nitrogen and oxygen atoms in total. The Morgan fingerprint density at radius 1 is 1.27 bits per heavy atom. The van der Waals surface area contributed by atoms with Gasteiger partial charge in [-0.3, -0.25) is 4.90 Å². The van der Waals surface area contributed by atoms with Gasteiger partial charge in [-0.25, -0.2) is 14.4 Å². The highest BCUT2D eigenvalue weighted by Gasteiger charge is 2.22. The van der Waals surface area contributed by atoms with E-state index in [2.05, 4.69) is 27.4 Å². The van der Waals surface area contributed by atoms with E-state index in [0.29, 0.717) is 24.2 Å². The molecule has 1 unspecified atom stereocenters. The fourth-order valence-corrected chi connectivity index (χ4v) is 3.54. The lowest BCUT2D eigenvalue weighted by atomic mass is 10.2. The molecule has 0 aliphatic carbocycles. The minimum absolute atomic E-state index is 0. The first-order chi connectivity index (χ1) is 14.2. The maximum Gasteiger partial charge on any atom is 0.224 e. The van der Waals surface area contributed by atoms with Crippen molar-refractivity contribution in [3.8, 4) is 11.6 Å². The summed E-state index contributed by atoms with van der Waals surface area (Å²) in [6, 6.07) is 10.4. The number of nitrogens with one attached hydrogen (secondary N) is 2. The Morgan fingerprint density at radius 3 is 2.90 bits per heavy atom. The molecule has 1 aromatic heterocycles. The largest absolute Gasteiger partial charge is 0.439 e. The van der Waals surface area contributed by atoms with Crippen LogP contribution in [0.5, 0.6) is 11.6 Å². The van der Waals surface area contributed by atoms with Crippen LogP contribution in [0.15, 0.2) is 47.6 Å². The maximum absolute atomic E-state index is 13.4. The van der Waals surface area contributed by atoms with Gasteiger partial charge in [-0.15, -0.1) is 24.0 Å². The average Bonchev–Trinajstić information content (AvgIpc) is 3.19. The molecule has 1 aromatic carbocycles. The summed E-state index contributed by atoms with van der Waals surface area (Å²) in [5.74, 6) is 1.28. The minimum atomic E-state index is -0.343. The first-order valence-corrected chi connectivity index (χ1v) is 10.3. The van der Waals surface area contributed by atoms with Gasteiger partial charge in [0.2, 0.25) is 5.88 Å². The van der Waals surface area contributed by atoms with Gasteiger partial charge in [0.25, 0.3) is 0 Å². The molecule has 0 amide bonds. The molecule has 1 saturated heterocycles. The number of aromatic nitrogens is 1. The lowest BCUT2D eigenvalue weighted by Gasteiger charge is -2.24. The number of likely N-dealkylation sites (tertiary alicyclic amines) is 1. The van der Waals surface area contributed by atoms with Crippen LogP contribution in [-0.2, 0) is 6.54 Å². The molecule has 0 spiro atoms. The number of benzene rings is 1. The third-order valence-corrected chi connectivity index (χ3v) is 5.02. The van der Waals surface area contributed by atoms with E-state index < -0.39 is 0 Å². The second-order valence-corrected chi connectivity index (χ2v) is 7.03. The zero-order valence-electron chi connectivity index (χ0n) is 17.6. The van der Waals surface area contributed by atoms with Crippen molar-refractivity contribution in [3.05, 3.63) is 54.0 Å². The van der Waals surface area contributed by atoms with Crippen LogP contribution in [0.2, 0.25) is 0 Å². The Bertz CT molecular complexity index is 820. The van der Waals surface area contributed by atoms with Gasteiger partial charge in [0, 0.05) is 37.0 Å². The van der Waals surface area contributed by atoms with E-state index in [0.717, 1.165) is 31.2 Å². The van der Waals surface area contributed by atoms with Crippen LogP contribution in [0.4, 0.5) is 4.39 Å². The molecule has 0 radical (unpaired) electrons. The summed E-state index contributed by atoms with van der Waals surface area (Å²) in [6.45, 7) is 8.58. The van der Waals surface area contributed by atoms with E-state index in [-0.39, 0.29) is 29.8 Å². The predicted molar refractivity (Wildman–Crippen MR) is 129 cm³/mol. The second kappa shape index (κ2) is 12.7. The van der Waals surface area contributed by atoms with Gasteiger partial charge >= 0.3 is 0 Å². The molecule has 3 rings (SSSR count). The molecule has 0 saturated carbocycles. The second-order valence-electron chi connectivity index (χ2n) is 7.03. The lowest BCUT2D eigenvalue weighted by molar-refractivity contribution is 0.267. The topological polar surface area (TPSA) is 61.8 Å². The standard InChI is InChI=1S/C22H30FN5O.HI/c1-3-24-22(27-16-19-10-7-13-28(19)4-2)26-15-17-8-6-12-25-21(17)29-20-11-5-9-18(23)14-20;/h5-6,8-9,11-12,14,19H,3-4,7,10,13,15-16H2,1-2H3,(H2,24,26,27);1H. The number of hydrogen-bond acceptors (Lipinski definition) is 4. The number of guanidine groups is 1. The van der Waals surface area contributed by atoms with Crippen LogP contribution in [0, 0.1) is 5.82 Å². The normalized spacial score (nSPS) is 16.8. The molecule has 164 valence electrons. The van der Waals surface area contributed by atoms with Crippen molar-refractivity contribution in [3.63, 3.8) is 0 Å². The zero-order chi connectivity index (χ0) is 20.5. The summed E-state index contributed by atoms with van der Waals surface area (Å²) in [6.07, 6.45) is 4.13. The summed E-state index contributed by atoms with van der Waals surface area (Å²) >= 11 is 0. The zero-order valence-corrected chi connectivity index (χ0v) is 19.9. The molecule has 1 fully saturated rings. The number of aliphatic imine (C=N–C) groups is 1. The number of hydrogen-bond donors (Lipinski definition) is 2. The highest BCUT2D eigenvalue weighted by Crippen LogP contribution is 2.24. The Morgan fingerprint density at radius 2 is 2.13 bits per heavy atom. The van der Waals surface area contributed by atoms with Gasteiger partial charge in [0.15, 0.2) is 5.96 Å². The molecule has 1 atom stereocenters. The van der Waals surface area contributed by atoms with Crippen molar-refractivity contribution >= 4 is 29.9 Å². The third kappa shape index (κ3) is 7.09. The molecule has 2 N–H and O–H groups in total. The fraction of sp³-hybridized carbons (Fsp3) is 0.455. The van der Waals surface area contributed by atoms with Crippen LogP contribution < -0.4 is 15.4 Å². The summed E-state index contributed by atoms with van der Waals surface area (Å²) in [4.78, 5) is 11.5. The van der Waals surface area contributed by atoms with Gasteiger partial charge in [0.05, 0.1) is 6.54 Å². The van der Waals surface area contributed by atoms with Crippen molar-refractivity contribution in [1.82, 2.24) is 20.5 Å². The van der Waals surface area contributed by atoms with Crippen LogP contribution in [0.25, 0.3) is 0 Å². The quantitative estimate of drug-likeness (QED) is 0.307. The smallest absolute Gasteiger partial charge is 0.224 e. The van der Waals surface area contributed by atoms with Crippen molar-refractivity contribution < 1.29 is 9.13 Å². The number of nitrogens with zero attached hydrogens (tertiary/aromatic N) is 3. The summed E-state index contributed by atoms with van der Waals surface area (Å²) in [5.41, 5.74) is 0.838. The SMILES string of the molecule is CCNC(=NCc1cccnc1Oc1cccc(F)c1)NCC1CCCN1CC.I. The van der Waals surface area contributed by atoms with E-state index >= 15 is 0 Å². The fourth-order valence-electron chi connectivity index (χ4n) is 3.54. The van der Waals surface area contributed by atoms with Gasteiger partial charge in [-0.1, -0.05) is 19.1 Å². The van der Waals surface area contributed by atoms with Gasteiger partial charge in [-0.2, -0.15) is 0 Å². The number of pyridine rings is 1. The van der Waals surface area contributed by atoms with Gasteiger partial charge in [0.1, 0.15) is 11.6 Å². The summed E-state index contributed by atoms with van der Waals surface area (Å²) in [5, 5.41) is 6.76. The van der Waals surface area contributed by atoms with E-state index in [1.54, 1.807) is 18.3 Å². The molecule has 8 heteroatoms. The first kappa shape index (κ1) is 24.3. The monoisotopic (exact) mass is 527 g/mol. The van der Waals surface area contributed by atoms with Crippen molar-refractivity contribution in [1.29, 1.82) is 0 Å². The van der Waals surface area contributed by atoms with E-state index in [4.69, 9.17) is 9.73 Å². The van der Waals surface area contributed by atoms with Crippen LogP contribution in [0.1, 0.15) is 32.3 Å². The number of rotatable bonds is 8. The Kier molecular flexibility index (Phi) is 10.3. The Balaban J connectivity index is 0.00000320. The third-order valence-electron chi connectivity index (χ3n) is 5.02. The minimum Gasteiger partial charge on any atom is -0.439 e. The van der Waals surface area contributed by atoms with Gasteiger partial charge in [-0.05, 0) is 51.1 Å². The lowest BCUT2D eigenvalue weighted by Crippen LogP contribution is -2.44. The molecular weight excluding hydrogens is 496 g/mol. The van der Waals surface area contributed by atoms with Gasteiger partial charge < -0.3 is 15.4 Å². The number of halogens is 2. The molecule has 1 aliphatic rings. The predicted octanol–water partition coefficient (Wildman–Crippen LogP) is 4.17. The van der Waals surface area contributed by atoms with E-state index in [9.17, 15) is 4.39 Å². The molecule has 30 heavy (non-hydrogen) atoms. The highest BCUT2D eigenvalue weighted by atomic mass is 127.